The number of hydrogen-bond acceptors (Lipinski definition) is 4. The van der Waals surface area contributed by atoms with Gasteiger partial charge in [0, 0.05) is 12.0 Å². The lowest BCUT2D eigenvalue weighted by Crippen LogP contribution is -2.06. The highest BCUT2D eigenvalue weighted by atomic mass is 16.5. The molecule has 0 atom stereocenters. The number of carbonyl (C=O) groups excluding carboxylic acids is 1. The Hall–Kier alpha value is -2.49. The Labute approximate surface area is 130 Å². The molecule has 0 fully saturated rings. The van der Waals surface area contributed by atoms with E-state index in [-0.39, 0.29) is 12.4 Å². The highest BCUT2D eigenvalue weighted by Crippen LogP contribution is 2.31. The summed E-state index contributed by atoms with van der Waals surface area (Å²) in [4.78, 5) is 11.8. The number of hydrogen-bond donors (Lipinski definition) is 0. The van der Waals surface area contributed by atoms with Crippen molar-refractivity contribution in [2.75, 3.05) is 14.2 Å². The number of carbonyl (C=O) groups is 1. The van der Waals surface area contributed by atoms with E-state index in [1.54, 1.807) is 26.4 Å². The van der Waals surface area contributed by atoms with Gasteiger partial charge in [-0.05, 0) is 24.1 Å². The van der Waals surface area contributed by atoms with Crippen LogP contribution < -0.4 is 9.47 Å². The van der Waals surface area contributed by atoms with Gasteiger partial charge in [0.1, 0.15) is 6.61 Å². The van der Waals surface area contributed by atoms with E-state index in [4.69, 9.17) is 14.2 Å². The summed E-state index contributed by atoms with van der Waals surface area (Å²) in [5, 5.41) is 0. The fourth-order valence-corrected chi connectivity index (χ4v) is 2.12. The van der Waals surface area contributed by atoms with Gasteiger partial charge in [0.05, 0.1) is 14.2 Å². The fourth-order valence-electron chi connectivity index (χ4n) is 2.12. The van der Waals surface area contributed by atoms with E-state index in [2.05, 4.69) is 6.07 Å². The molecule has 115 valence electrons. The van der Waals surface area contributed by atoms with Gasteiger partial charge in [-0.15, -0.1) is 0 Å². The first-order valence-electron chi connectivity index (χ1n) is 7.05. The third-order valence-electron chi connectivity index (χ3n) is 3.24. The molecule has 1 radical (unpaired) electrons. The summed E-state index contributed by atoms with van der Waals surface area (Å²) >= 11 is 0. The summed E-state index contributed by atoms with van der Waals surface area (Å²) in [6.07, 6.45) is 0.765. The maximum Gasteiger partial charge on any atom is 0.306 e. The van der Waals surface area contributed by atoms with Crippen molar-refractivity contribution < 1.29 is 19.0 Å². The van der Waals surface area contributed by atoms with Crippen LogP contribution in [0.2, 0.25) is 0 Å². The molecular formula is C18H19O4. The number of methoxy groups -OCH3 is 2. The van der Waals surface area contributed by atoms with Gasteiger partial charge in [0.15, 0.2) is 11.5 Å². The standard InChI is InChI=1S/C18H19O4/c1-20-16-10-6-9-15(18(16)21-2)11-12-17(19)22-13-14-7-4-3-5-8-14/h3-8,10H,11-13H2,1-2H3. The van der Waals surface area contributed by atoms with Gasteiger partial charge in [0.25, 0.3) is 0 Å². The second-order valence-electron chi connectivity index (χ2n) is 4.70. The van der Waals surface area contributed by atoms with Crippen LogP contribution >= 0.6 is 0 Å². The molecule has 4 nitrogen and oxygen atoms in total. The van der Waals surface area contributed by atoms with Crippen LogP contribution in [0.4, 0.5) is 0 Å². The van der Waals surface area contributed by atoms with E-state index in [1.165, 1.54) is 0 Å². The zero-order valence-corrected chi connectivity index (χ0v) is 12.8. The average Bonchev–Trinajstić information content (AvgIpc) is 2.58. The quantitative estimate of drug-likeness (QED) is 0.737. The number of benzene rings is 2. The first-order valence-corrected chi connectivity index (χ1v) is 7.05. The van der Waals surface area contributed by atoms with E-state index in [0.717, 1.165) is 11.1 Å². The van der Waals surface area contributed by atoms with Crippen LogP contribution in [0.15, 0.2) is 42.5 Å². The fraction of sp³-hybridized carbons (Fsp3) is 0.278. The lowest BCUT2D eigenvalue weighted by molar-refractivity contribution is -0.144. The molecule has 0 aliphatic heterocycles. The largest absolute Gasteiger partial charge is 0.493 e. The van der Waals surface area contributed by atoms with E-state index in [0.29, 0.717) is 24.5 Å². The summed E-state index contributed by atoms with van der Waals surface area (Å²) in [6.45, 7) is 0.290. The summed E-state index contributed by atoms with van der Waals surface area (Å²) in [6, 6.07) is 16.2. The second kappa shape index (κ2) is 8.08. The highest BCUT2D eigenvalue weighted by Gasteiger charge is 2.12. The minimum Gasteiger partial charge on any atom is -0.493 e. The maximum absolute atomic E-state index is 11.8. The Morgan fingerprint density at radius 2 is 1.86 bits per heavy atom. The topological polar surface area (TPSA) is 44.8 Å². The van der Waals surface area contributed by atoms with E-state index >= 15 is 0 Å². The third kappa shape index (κ3) is 4.25. The molecule has 0 bridgehead atoms. The molecule has 0 unspecified atom stereocenters. The summed E-state index contributed by atoms with van der Waals surface area (Å²) in [7, 11) is 3.15. The van der Waals surface area contributed by atoms with Crippen LogP contribution in [0, 0.1) is 6.07 Å². The van der Waals surface area contributed by atoms with Crippen LogP contribution in [-0.4, -0.2) is 20.2 Å². The van der Waals surface area contributed by atoms with Crippen LogP contribution in [0.5, 0.6) is 11.5 Å². The van der Waals surface area contributed by atoms with Crippen molar-refractivity contribution in [1.29, 1.82) is 0 Å². The molecule has 0 saturated carbocycles. The molecule has 0 amide bonds. The Morgan fingerprint density at radius 1 is 1.09 bits per heavy atom. The predicted molar refractivity (Wildman–Crippen MR) is 82.9 cm³/mol. The molecule has 2 aromatic carbocycles. The van der Waals surface area contributed by atoms with Crippen LogP contribution in [0.1, 0.15) is 17.5 Å². The number of aryl methyl sites for hydroxylation is 1. The molecule has 0 spiro atoms. The van der Waals surface area contributed by atoms with Crippen LogP contribution in [0.25, 0.3) is 0 Å². The third-order valence-corrected chi connectivity index (χ3v) is 3.24. The van der Waals surface area contributed by atoms with Gasteiger partial charge in [0.2, 0.25) is 0 Å². The molecule has 22 heavy (non-hydrogen) atoms. The van der Waals surface area contributed by atoms with Crippen LogP contribution in [0.3, 0.4) is 0 Å². The molecule has 0 heterocycles. The molecule has 2 rings (SSSR count). The molecule has 4 heteroatoms. The molecule has 2 aromatic rings. The van der Waals surface area contributed by atoms with Crippen molar-refractivity contribution in [3.05, 3.63) is 59.7 Å². The van der Waals surface area contributed by atoms with Gasteiger partial charge < -0.3 is 14.2 Å². The second-order valence-corrected chi connectivity index (χ2v) is 4.70. The summed E-state index contributed by atoms with van der Waals surface area (Å²) in [5.74, 6) is 0.997. The molecule has 0 aromatic heterocycles. The SMILES string of the molecule is COc1cc[c]c(CCC(=O)OCc2ccccc2)c1OC. The van der Waals surface area contributed by atoms with Crippen molar-refractivity contribution in [2.24, 2.45) is 0 Å². The maximum atomic E-state index is 11.8. The van der Waals surface area contributed by atoms with Crippen molar-refractivity contribution >= 4 is 5.97 Å². The monoisotopic (exact) mass is 299 g/mol. The number of esters is 1. The van der Waals surface area contributed by atoms with Gasteiger partial charge in [-0.3, -0.25) is 4.79 Å². The highest BCUT2D eigenvalue weighted by molar-refractivity contribution is 5.70. The Morgan fingerprint density at radius 3 is 2.55 bits per heavy atom. The Bertz CT molecular complexity index is 608. The average molecular weight is 299 g/mol. The zero-order valence-electron chi connectivity index (χ0n) is 12.8. The molecule has 0 N–H and O–H groups in total. The predicted octanol–water partition coefficient (Wildman–Crippen LogP) is 3.18. The van der Waals surface area contributed by atoms with Crippen LogP contribution in [-0.2, 0) is 22.6 Å². The van der Waals surface area contributed by atoms with E-state index < -0.39 is 0 Å². The van der Waals surface area contributed by atoms with Crippen molar-refractivity contribution in [2.45, 2.75) is 19.4 Å². The normalized spacial score (nSPS) is 10.1. The summed E-state index contributed by atoms with van der Waals surface area (Å²) in [5.41, 5.74) is 1.78. The van der Waals surface area contributed by atoms with Gasteiger partial charge in [-0.1, -0.05) is 36.4 Å². The molecule has 0 aliphatic rings. The van der Waals surface area contributed by atoms with Gasteiger partial charge in [-0.25, -0.2) is 0 Å². The minimum atomic E-state index is -0.248. The smallest absolute Gasteiger partial charge is 0.306 e. The lowest BCUT2D eigenvalue weighted by atomic mass is 10.1. The van der Waals surface area contributed by atoms with E-state index in [1.807, 2.05) is 30.3 Å². The number of rotatable bonds is 7. The number of ether oxygens (including phenoxy) is 3. The Kier molecular flexibility index (Phi) is 5.83. The minimum absolute atomic E-state index is 0.248. The first kappa shape index (κ1) is 15.9. The first-order chi connectivity index (χ1) is 10.7. The Balaban J connectivity index is 1.88. The zero-order chi connectivity index (χ0) is 15.8. The lowest BCUT2D eigenvalue weighted by Gasteiger charge is -2.12. The molecular weight excluding hydrogens is 280 g/mol. The van der Waals surface area contributed by atoms with Crippen molar-refractivity contribution in [1.82, 2.24) is 0 Å². The van der Waals surface area contributed by atoms with E-state index in [9.17, 15) is 4.79 Å². The van der Waals surface area contributed by atoms with Crippen molar-refractivity contribution in [3.8, 4) is 11.5 Å². The summed E-state index contributed by atoms with van der Waals surface area (Å²) < 4.78 is 15.8. The van der Waals surface area contributed by atoms with Gasteiger partial charge >= 0.3 is 5.97 Å². The molecule has 0 saturated heterocycles. The van der Waals surface area contributed by atoms with Crippen molar-refractivity contribution in [3.63, 3.8) is 0 Å². The van der Waals surface area contributed by atoms with Gasteiger partial charge in [-0.2, -0.15) is 0 Å². The molecule has 0 aliphatic carbocycles.